The molecule has 1 atom stereocenters. The van der Waals surface area contributed by atoms with Crippen molar-refractivity contribution in [3.8, 4) is 0 Å². The zero-order chi connectivity index (χ0) is 14.5. The Morgan fingerprint density at radius 3 is 2.16 bits per heavy atom. The molecule has 19 heavy (non-hydrogen) atoms. The average Bonchev–Trinajstić information content (AvgIpc) is 2.39. The van der Waals surface area contributed by atoms with Crippen LogP contribution in [0.5, 0.6) is 0 Å². The smallest absolute Gasteiger partial charge is 0.334 e. The third-order valence-electron chi connectivity index (χ3n) is 3.40. The van der Waals surface area contributed by atoms with Crippen LogP contribution in [-0.4, -0.2) is 28.4 Å². The van der Waals surface area contributed by atoms with E-state index in [-0.39, 0.29) is 5.91 Å². The van der Waals surface area contributed by atoms with Crippen LogP contribution in [0.2, 0.25) is 0 Å². The minimum atomic E-state index is -1.27. The van der Waals surface area contributed by atoms with Crippen LogP contribution in [0.4, 0.5) is 0 Å². The highest BCUT2D eigenvalue weighted by Crippen LogP contribution is 2.33. The maximum absolute atomic E-state index is 11.9. The highest BCUT2D eigenvalue weighted by molar-refractivity contribution is 5.87. The summed E-state index contributed by atoms with van der Waals surface area (Å²) in [5, 5.41) is 9.73. The predicted octanol–water partition coefficient (Wildman–Crippen LogP) is 2.64. The van der Waals surface area contributed by atoms with E-state index in [9.17, 15) is 14.7 Å². The Bertz CT molecular complexity index is 444. The zero-order valence-corrected chi connectivity index (χ0v) is 11.7. The van der Waals surface area contributed by atoms with Gasteiger partial charge in [0.25, 0.3) is 0 Å². The molecule has 1 rings (SSSR count). The molecular weight excluding hydrogens is 242 g/mol. The van der Waals surface area contributed by atoms with Crippen molar-refractivity contribution in [3.05, 3.63) is 35.9 Å². The third-order valence-corrected chi connectivity index (χ3v) is 3.40. The number of carbonyl (C=O) groups is 2. The van der Waals surface area contributed by atoms with Crippen molar-refractivity contribution < 1.29 is 14.7 Å². The van der Waals surface area contributed by atoms with Gasteiger partial charge in [0.2, 0.25) is 5.91 Å². The molecule has 1 unspecified atom stereocenters. The van der Waals surface area contributed by atoms with Crippen molar-refractivity contribution in [1.82, 2.24) is 4.90 Å². The van der Waals surface area contributed by atoms with Crippen molar-refractivity contribution in [3.63, 3.8) is 0 Å². The van der Waals surface area contributed by atoms with Gasteiger partial charge in [-0.15, -0.1) is 0 Å². The summed E-state index contributed by atoms with van der Waals surface area (Å²) in [6.07, 6.45) is 1.06. The molecular formula is C15H21NO3. The van der Waals surface area contributed by atoms with Gasteiger partial charge in [0.15, 0.2) is 5.54 Å². The molecule has 0 saturated carbocycles. The molecule has 0 aliphatic heterocycles. The molecule has 1 aromatic carbocycles. The average molecular weight is 263 g/mol. The van der Waals surface area contributed by atoms with Gasteiger partial charge >= 0.3 is 5.97 Å². The number of carboxylic acid groups (broad SMARTS) is 1. The molecule has 4 nitrogen and oxygen atoms in total. The normalized spacial score (nSPS) is 13.6. The lowest BCUT2D eigenvalue weighted by Gasteiger charge is -2.40. The van der Waals surface area contributed by atoms with Crippen molar-refractivity contribution in [2.75, 3.05) is 6.54 Å². The van der Waals surface area contributed by atoms with E-state index in [1.54, 1.807) is 31.2 Å². The third kappa shape index (κ3) is 2.78. The summed E-state index contributed by atoms with van der Waals surface area (Å²) in [4.78, 5) is 25.2. The number of carbonyl (C=O) groups excluding carboxylic acids is 1. The number of nitrogens with zero attached hydrogens (tertiary/aromatic N) is 1. The van der Waals surface area contributed by atoms with Crippen LogP contribution in [-0.2, 0) is 15.1 Å². The standard InChI is InChI=1S/C15H21NO3/c1-4-11-16(12(3)17)15(5-2,14(18)19)13-9-7-6-8-10-13/h6-10H,4-5,11H2,1-3H3,(H,18,19). The minimum Gasteiger partial charge on any atom is -0.479 e. The second-order valence-corrected chi connectivity index (χ2v) is 4.56. The molecule has 0 aliphatic carbocycles. The number of hydrogen-bond acceptors (Lipinski definition) is 2. The van der Waals surface area contributed by atoms with Crippen LogP contribution in [0, 0.1) is 0 Å². The van der Waals surface area contributed by atoms with E-state index in [2.05, 4.69) is 0 Å². The Balaban J connectivity index is 3.41. The van der Waals surface area contributed by atoms with Crippen molar-refractivity contribution in [2.24, 2.45) is 0 Å². The van der Waals surface area contributed by atoms with Crippen LogP contribution >= 0.6 is 0 Å². The molecule has 1 amide bonds. The molecule has 0 saturated heterocycles. The molecule has 1 aromatic rings. The summed E-state index contributed by atoms with van der Waals surface area (Å²) in [5.74, 6) is -1.19. The molecule has 0 heterocycles. The quantitative estimate of drug-likeness (QED) is 0.858. The summed E-state index contributed by atoms with van der Waals surface area (Å²) in [6.45, 7) is 5.59. The second-order valence-electron chi connectivity index (χ2n) is 4.56. The number of hydrogen-bond donors (Lipinski definition) is 1. The van der Waals surface area contributed by atoms with E-state index in [1.165, 1.54) is 11.8 Å². The van der Waals surface area contributed by atoms with Crippen LogP contribution in [0.25, 0.3) is 0 Å². The fourth-order valence-corrected chi connectivity index (χ4v) is 2.50. The molecule has 0 spiro atoms. The molecule has 0 aliphatic rings. The first-order valence-electron chi connectivity index (χ1n) is 6.57. The number of carboxylic acids is 1. The van der Waals surface area contributed by atoms with E-state index in [0.29, 0.717) is 18.5 Å². The second kappa shape index (κ2) is 6.36. The van der Waals surface area contributed by atoms with Crippen LogP contribution in [0.1, 0.15) is 39.2 Å². The van der Waals surface area contributed by atoms with Crippen molar-refractivity contribution in [2.45, 2.75) is 39.2 Å². The van der Waals surface area contributed by atoms with Gasteiger partial charge in [-0.3, -0.25) is 4.79 Å². The molecule has 104 valence electrons. The lowest BCUT2D eigenvalue weighted by molar-refractivity contribution is -0.160. The first-order chi connectivity index (χ1) is 9.00. The Kier molecular flexibility index (Phi) is 5.10. The zero-order valence-electron chi connectivity index (χ0n) is 11.7. The highest BCUT2D eigenvalue weighted by atomic mass is 16.4. The number of amides is 1. The number of benzene rings is 1. The number of aliphatic carboxylic acids is 1. The first kappa shape index (κ1) is 15.2. The lowest BCUT2D eigenvalue weighted by atomic mass is 9.85. The minimum absolute atomic E-state index is 0.213. The highest BCUT2D eigenvalue weighted by Gasteiger charge is 2.45. The van der Waals surface area contributed by atoms with Gasteiger partial charge in [-0.1, -0.05) is 44.2 Å². The summed E-state index contributed by atoms with van der Waals surface area (Å²) >= 11 is 0. The predicted molar refractivity (Wildman–Crippen MR) is 73.7 cm³/mol. The lowest BCUT2D eigenvalue weighted by Crippen LogP contribution is -2.54. The van der Waals surface area contributed by atoms with Gasteiger partial charge in [-0.2, -0.15) is 0 Å². The van der Waals surface area contributed by atoms with Crippen LogP contribution in [0.15, 0.2) is 30.3 Å². The monoisotopic (exact) mass is 263 g/mol. The Morgan fingerprint density at radius 1 is 1.21 bits per heavy atom. The SMILES string of the molecule is CCCN(C(C)=O)C(CC)(C(=O)O)c1ccccc1. The largest absolute Gasteiger partial charge is 0.479 e. The molecule has 0 aromatic heterocycles. The summed E-state index contributed by atoms with van der Waals surface area (Å²) < 4.78 is 0. The number of rotatable bonds is 6. The molecule has 4 heteroatoms. The van der Waals surface area contributed by atoms with Gasteiger partial charge in [0.1, 0.15) is 0 Å². The van der Waals surface area contributed by atoms with Gasteiger partial charge < -0.3 is 10.0 Å². The Labute approximate surface area is 114 Å². The fraction of sp³-hybridized carbons (Fsp3) is 0.467. The van der Waals surface area contributed by atoms with Crippen LogP contribution in [0.3, 0.4) is 0 Å². The van der Waals surface area contributed by atoms with Gasteiger partial charge in [-0.25, -0.2) is 4.79 Å². The van der Waals surface area contributed by atoms with E-state index >= 15 is 0 Å². The van der Waals surface area contributed by atoms with E-state index in [0.717, 1.165) is 6.42 Å². The maximum Gasteiger partial charge on any atom is 0.334 e. The molecule has 1 N–H and O–H groups in total. The molecule has 0 fully saturated rings. The van der Waals surface area contributed by atoms with Gasteiger partial charge in [0.05, 0.1) is 0 Å². The van der Waals surface area contributed by atoms with Gasteiger partial charge in [-0.05, 0) is 18.4 Å². The van der Waals surface area contributed by atoms with Crippen molar-refractivity contribution in [1.29, 1.82) is 0 Å². The van der Waals surface area contributed by atoms with Crippen LogP contribution < -0.4 is 0 Å². The maximum atomic E-state index is 11.9. The van der Waals surface area contributed by atoms with E-state index < -0.39 is 11.5 Å². The van der Waals surface area contributed by atoms with E-state index in [1.807, 2.05) is 13.0 Å². The Morgan fingerprint density at radius 2 is 1.79 bits per heavy atom. The topological polar surface area (TPSA) is 57.6 Å². The summed E-state index contributed by atoms with van der Waals surface area (Å²) in [7, 11) is 0. The fourth-order valence-electron chi connectivity index (χ4n) is 2.50. The molecule has 0 radical (unpaired) electrons. The van der Waals surface area contributed by atoms with Gasteiger partial charge in [0, 0.05) is 13.5 Å². The van der Waals surface area contributed by atoms with Crippen molar-refractivity contribution >= 4 is 11.9 Å². The summed E-state index contributed by atoms with van der Waals surface area (Å²) in [5.41, 5.74) is -0.628. The molecule has 0 bridgehead atoms. The summed E-state index contributed by atoms with van der Waals surface area (Å²) in [6, 6.07) is 8.97. The first-order valence-corrected chi connectivity index (χ1v) is 6.57. The Hall–Kier alpha value is -1.84. The van der Waals surface area contributed by atoms with E-state index in [4.69, 9.17) is 0 Å².